The topological polar surface area (TPSA) is 29.1 Å². The number of halogens is 1. The first-order chi connectivity index (χ1) is 8.15. The van der Waals surface area contributed by atoms with Gasteiger partial charge in [-0.15, -0.1) is 23.4 Å². The Morgan fingerprint density at radius 2 is 2.12 bits per heavy atom. The van der Waals surface area contributed by atoms with E-state index in [0.717, 1.165) is 16.9 Å². The molecule has 2 nitrogen and oxygen atoms in total. The summed E-state index contributed by atoms with van der Waals surface area (Å²) in [6, 6.07) is 7.70. The fraction of sp³-hybridized carbons (Fsp3) is 0.462. The van der Waals surface area contributed by atoms with Crippen LogP contribution in [0.2, 0.25) is 0 Å². The van der Waals surface area contributed by atoms with Gasteiger partial charge >= 0.3 is 0 Å². The van der Waals surface area contributed by atoms with Crippen LogP contribution in [0.3, 0.4) is 0 Å². The van der Waals surface area contributed by atoms with E-state index in [0.29, 0.717) is 17.7 Å². The fourth-order valence-electron chi connectivity index (χ4n) is 1.37. The van der Waals surface area contributed by atoms with Gasteiger partial charge in [0, 0.05) is 22.6 Å². The minimum absolute atomic E-state index is 0.0149. The van der Waals surface area contributed by atoms with Crippen LogP contribution in [0.4, 0.5) is 0 Å². The van der Waals surface area contributed by atoms with Crippen LogP contribution >= 0.6 is 23.4 Å². The number of nitrogens with one attached hydrogen (secondary N) is 1. The molecule has 0 aliphatic heterocycles. The average molecular weight is 272 g/mol. The second-order valence-electron chi connectivity index (χ2n) is 3.96. The van der Waals surface area contributed by atoms with E-state index < -0.39 is 0 Å². The van der Waals surface area contributed by atoms with Crippen molar-refractivity contribution in [2.24, 2.45) is 0 Å². The number of rotatable bonds is 6. The highest BCUT2D eigenvalue weighted by atomic mass is 35.5. The van der Waals surface area contributed by atoms with E-state index in [9.17, 15) is 4.79 Å². The number of benzene rings is 1. The molecular formula is C13H18ClNOS. The highest BCUT2D eigenvalue weighted by Gasteiger charge is 2.11. The molecule has 0 radical (unpaired) electrons. The van der Waals surface area contributed by atoms with Gasteiger partial charge in [0.1, 0.15) is 0 Å². The van der Waals surface area contributed by atoms with E-state index in [4.69, 9.17) is 11.6 Å². The van der Waals surface area contributed by atoms with Crippen LogP contribution in [0.25, 0.3) is 0 Å². The quantitative estimate of drug-likeness (QED) is 0.487. The lowest BCUT2D eigenvalue weighted by atomic mass is 10.2. The van der Waals surface area contributed by atoms with Crippen molar-refractivity contribution in [1.82, 2.24) is 5.32 Å². The van der Waals surface area contributed by atoms with Gasteiger partial charge in [-0.05, 0) is 18.6 Å². The second-order valence-corrected chi connectivity index (χ2v) is 5.96. The molecule has 0 heterocycles. The van der Waals surface area contributed by atoms with Crippen LogP contribution in [-0.2, 0) is 0 Å². The molecule has 4 heteroatoms. The van der Waals surface area contributed by atoms with Crippen LogP contribution in [-0.4, -0.2) is 23.6 Å². The molecular weight excluding hydrogens is 254 g/mol. The summed E-state index contributed by atoms with van der Waals surface area (Å²) in [5.74, 6) is 0.557. The Morgan fingerprint density at radius 1 is 1.41 bits per heavy atom. The summed E-state index contributed by atoms with van der Waals surface area (Å²) in [4.78, 5) is 13.0. The zero-order valence-electron chi connectivity index (χ0n) is 10.2. The molecule has 0 atom stereocenters. The van der Waals surface area contributed by atoms with Crippen molar-refractivity contribution >= 4 is 29.3 Å². The average Bonchev–Trinajstić information content (AvgIpc) is 2.29. The minimum atomic E-state index is -0.0149. The van der Waals surface area contributed by atoms with Gasteiger partial charge in [-0.3, -0.25) is 4.79 Å². The SMILES string of the molecule is CC(C)Sc1ccccc1C(=O)NCCCCl. The molecule has 1 N–H and O–H groups in total. The Kier molecular flexibility index (Phi) is 6.45. The molecule has 0 saturated carbocycles. The first kappa shape index (κ1) is 14.4. The van der Waals surface area contributed by atoms with Crippen LogP contribution in [0.1, 0.15) is 30.6 Å². The van der Waals surface area contributed by atoms with Gasteiger partial charge < -0.3 is 5.32 Å². The fourth-order valence-corrected chi connectivity index (χ4v) is 2.46. The van der Waals surface area contributed by atoms with E-state index in [1.165, 1.54) is 0 Å². The summed E-state index contributed by atoms with van der Waals surface area (Å²) >= 11 is 7.28. The monoisotopic (exact) mass is 271 g/mol. The van der Waals surface area contributed by atoms with Gasteiger partial charge in [-0.25, -0.2) is 0 Å². The molecule has 0 aliphatic carbocycles. The van der Waals surface area contributed by atoms with Gasteiger partial charge in [0.15, 0.2) is 0 Å². The Morgan fingerprint density at radius 3 is 2.76 bits per heavy atom. The number of amides is 1. The molecule has 1 amide bonds. The summed E-state index contributed by atoms with van der Waals surface area (Å²) in [7, 11) is 0. The normalized spacial score (nSPS) is 10.6. The lowest BCUT2D eigenvalue weighted by Gasteiger charge is -2.11. The van der Waals surface area contributed by atoms with Crippen LogP contribution in [0.5, 0.6) is 0 Å². The standard InChI is InChI=1S/C13H18ClNOS/c1-10(2)17-12-7-4-3-6-11(12)13(16)15-9-5-8-14/h3-4,6-7,10H,5,8-9H2,1-2H3,(H,15,16). The first-order valence-corrected chi connectivity index (χ1v) is 7.16. The molecule has 0 unspecified atom stereocenters. The maximum Gasteiger partial charge on any atom is 0.252 e. The largest absolute Gasteiger partial charge is 0.352 e. The van der Waals surface area contributed by atoms with E-state index in [1.54, 1.807) is 11.8 Å². The molecule has 0 spiro atoms. The summed E-state index contributed by atoms with van der Waals surface area (Å²) in [6.07, 6.45) is 0.798. The predicted octanol–water partition coefficient (Wildman–Crippen LogP) is 3.55. The highest BCUT2D eigenvalue weighted by molar-refractivity contribution is 8.00. The zero-order valence-corrected chi connectivity index (χ0v) is 11.8. The molecule has 0 aromatic heterocycles. The Balaban J connectivity index is 2.71. The van der Waals surface area contributed by atoms with Crippen LogP contribution < -0.4 is 5.32 Å². The van der Waals surface area contributed by atoms with Crippen molar-refractivity contribution in [3.8, 4) is 0 Å². The van der Waals surface area contributed by atoms with Crippen molar-refractivity contribution in [2.75, 3.05) is 12.4 Å². The second kappa shape index (κ2) is 7.62. The van der Waals surface area contributed by atoms with Crippen molar-refractivity contribution in [2.45, 2.75) is 30.4 Å². The Labute approximate surface area is 112 Å². The molecule has 1 aromatic carbocycles. The van der Waals surface area contributed by atoms with Crippen molar-refractivity contribution < 1.29 is 4.79 Å². The van der Waals surface area contributed by atoms with Crippen molar-refractivity contribution in [1.29, 1.82) is 0 Å². The minimum Gasteiger partial charge on any atom is -0.352 e. The lowest BCUT2D eigenvalue weighted by molar-refractivity contribution is 0.0951. The number of alkyl halides is 1. The number of carbonyl (C=O) groups excluding carboxylic acids is 1. The molecule has 1 aromatic rings. The Bertz CT molecular complexity index is 368. The molecule has 17 heavy (non-hydrogen) atoms. The van der Waals surface area contributed by atoms with E-state index in [2.05, 4.69) is 19.2 Å². The predicted molar refractivity (Wildman–Crippen MR) is 75.1 cm³/mol. The third kappa shape index (κ3) is 5.00. The molecule has 0 saturated heterocycles. The number of thioether (sulfide) groups is 1. The summed E-state index contributed by atoms with van der Waals surface area (Å²) in [5.41, 5.74) is 0.751. The summed E-state index contributed by atoms with van der Waals surface area (Å²) in [6.45, 7) is 4.86. The molecule has 94 valence electrons. The van der Waals surface area contributed by atoms with Gasteiger partial charge in [0.2, 0.25) is 0 Å². The molecule has 0 aliphatic rings. The smallest absolute Gasteiger partial charge is 0.252 e. The first-order valence-electron chi connectivity index (χ1n) is 5.75. The molecule has 1 rings (SSSR count). The highest BCUT2D eigenvalue weighted by Crippen LogP contribution is 2.26. The van der Waals surface area contributed by atoms with Gasteiger partial charge in [-0.1, -0.05) is 26.0 Å². The van der Waals surface area contributed by atoms with E-state index in [1.807, 2.05) is 24.3 Å². The number of hydrogen-bond acceptors (Lipinski definition) is 2. The summed E-state index contributed by atoms with van der Waals surface area (Å²) in [5, 5.41) is 3.34. The Hall–Kier alpha value is -0.670. The molecule has 0 bridgehead atoms. The summed E-state index contributed by atoms with van der Waals surface area (Å²) < 4.78 is 0. The van der Waals surface area contributed by atoms with Crippen molar-refractivity contribution in [3.63, 3.8) is 0 Å². The maximum atomic E-state index is 12.0. The lowest BCUT2D eigenvalue weighted by Crippen LogP contribution is -2.25. The van der Waals surface area contributed by atoms with Gasteiger partial charge in [-0.2, -0.15) is 0 Å². The van der Waals surface area contributed by atoms with E-state index >= 15 is 0 Å². The maximum absolute atomic E-state index is 12.0. The van der Waals surface area contributed by atoms with Gasteiger partial charge in [0.05, 0.1) is 5.56 Å². The number of hydrogen-bond donors (Lipinski definition) is 1. The zero-order chi connectivity index (χ0) is 12.7. The van der Waals surface area contributed by atoms with Crippen LogP contribution in [0.15, 0.2) is 29.2 Å². The third-order valence-electron chi connectivity index (χ3n) is 2.09. The van der Waals surface area contributed by atoms with Gasteiger partial charge in [0.25, 0.3) is 5.91 Å². The van der Waals surface area contributed by atoms with Crippen molar-refractivity contribution in [3.05, 3.63) is 29.8 Å². The van der Waals surface area contributed by atoms with E-state index in [-0.39, 0.29) is 5.91 Å². The number of carbonyl (C=O) groups is 1. The van der Waals surface area contributed by atoms with Crippen LogP contribution in [0, 0.1) is 0 Å². The third-order valence-corrected chi connectivity index (χ3v) is 3.44. The molecule has 0 fully saturated rings.